The van der Waals surface area contributed by atoms with Crippen molar-refractivity contribution in [3.8, 4) is 0 Å². The number of amides is 2. The first-order chi connectivity index (χ1) is 9.08. The van der Waals surface area contributed by atoms with Gasteiger partial charge in [-0.15, -0.1) is 11.3 Å². The lowest BCUT2D eigenvalue weighted by atomic mass is 9.74. The van der Waals surface area contributed by atoms with Gasteiger partial charge in [0.05, 0.1) is 17.5 Å². The van der Waals surface area contributed by atoms with Crippen LogP contribution >= 0.6 is 11.3 Å². The fourth-order valence-corrected chi connectivity index (χ4v) is 2.25. The van der Waals surface area contributed by atoms with E-state index in [4.69, 9.17) is 0 Å². The lowest BCUT2D eigenvalue weighted by Gasteiger charge is -2.39. The Kier molecular flexibility index (Phi) is 4.81. The third-order valence-corrected chi connectivity index (χ3v) is 4.70. The van der Waals surface area contributed by atoms with Crippen LogP contribution in [0.1, 0.15) is 32.6 Å². The summed E-state index contributed by atoms with van der Waals surface area (Å²) < 4.78 is 0. The number of aliphatic carboxylic acids is 1. The van der Waals surface area contributed by atoms with Gasteiger partial charge in [-0.05, 0) is 39.1 Å². The minimum Gasteiger partial charge on any atom is -0.481 e. The van der Waals surface area contributed by atoms with E-state index in [9.17, 15) is 14.7 Å². The molecule has 1 rings (SSSR count). The summed E-state index contributed by atoms with van der Waals surface area (Å²) >= 11 is 1.58. The van der Waals surface area contributed by atoms with Crippen LogP contribution in [-0.2, 0) is 11.3 Å². The molecule has 0 radical (unpaired) electrons. The van der Waals surface area contributed by atoms with E-state index in [0.717, 1.165) is 4.88 Å². The van der Waals surface area contributed by atoms with Crippen molar-refractivity contribution in [3.63, 3.8) is 0 Å². The topological polar surface area (TPSA) is 69.6 Å². The molecule has 2 amide bonds. The van der Waals surface area contributed by atoms with E-state index in [-0.39, 0.29) is 6.03 Å². The number of urea groups is 1. The number of nitrogens with one attached hydrogen (secondary N) is 1. The van der Waals surface area contributed by atoms with E-state index >= 15 is 0 Å². The lowest BCUT2D eigenvalue weighted by molar-refractivity contribution is -0.150. The lowest BCUT2D eigenvalue weighted by Crippen LogP contribution is -2.59. The van der Waals surface area contributed by atoms with Gasteiger partial charge in [0.25, 0.3) is 0 Å². The van der Waals surface area contributed by atoms with Crippen molar-refractivity contribution in [3.05, 3.63) is 22.4 Å². The zero-order chi connectivity index (χ0) is 15.6. The molecule has 0 unspecified atom stereocenters. The molecule has 0 aliphatic rings. The Hall–Kier alpha value is -1.56. The van der Waals surface area contributed by atoms with Crippen molar-refractivity contribution in [2.75, 3.05) is 7.05 Å². The quantitative estimate of drug-likeness (QED) is 0.878. The van der Waals surface area contributed by atoms with E-state index in [2.05, 4.69) is 5.32 Å². The molecule has 6 heteroatoms. The average Bonchev–Trinajstić information content (AvgIpc) is 2.80. The molecule has 0 saturated heterocycles. The number of carbonyl (C=O) groups excluding carboxylic acids is 1. The predicted molar refractivity (Wildman–Crippen MR) is 79.8 cm³/mol. The number of nitrogens with zero attached hydrogens (tertiary/aromatic N) is 1. The van der Waals surface area contributed by atoms with E-state index in [1.54, 1.807) is 51.0 Å². The second-order valence-corrected chi connectivity index (χ2v) is 6.95. The molecule has 2 N–H and O–H groups in total. The molecular formula is C14H22N2O3S. The minimum atomic E-state index is -1.06. The minimum absolute atomic E-state index is 0.280. The third kappa shape index (κ3) is 3.50. The van der Waals surface area contributed by atoms with Crippen LogP contribution in [0, 0.1) is 5.41 Å². The molecule has 0 spiro atoms. The zero-order valence-electron chi connectivity index (χ0n) is 12.6. The number of hydrogen-bond acceptors (Lipinski definition) is 3. The Bertz CT molecular complexity index is 481. The van der Waals surface area contributed by atoms with E-state index in [0.29, 0.717) is 6.54 Å². The molecule has 0 saturated carbocycles. The number of hydrogen-bond donors (Lipinski definition) is 2. The van der Waals surface area contributed by atoms with Gasteiger partial charge in [0.15, 0.2) is 0 Å². The number of rotatable bonds is 5. The van der Waals surface area contributed by atoms with Crippen molar-refractivity contribution >= 4 is 23.3 Å². The molecule has 20 heavy (non-hydrogen) atoms. The summed E-state index contributed by atoms with van der Waals surface area (Å²) in [5, 5.41) is 14.0. The molecule has 0 atom stereocenters. The molecule has 1 heterocycles. The van der Waals surface area contributed by atoms with Crippen LogP contribution in [0.15, 0.2) is 17.5 Å². The first-order valence-corrected chi connectivity index (χ1v) is 7.25. The van der Waals surface area contributed by atoms with Gasteiger partial charge in [-0.1, -0.05) is 6.07 Å². The Labute approximate surface area is 123 Å². The first kappa shape index (κ1) is 16.5. The summed E-state index contributed by atoms with van der Waals surface area (Å²) in [5.74, 6) is -0.941. The maximum Gasteiger partial charge on any atom is 0.317 e. The molecule has 112 valence electrons. The highest BCUT2D eigenvalue weighted by Crippen LogP contribution is 2.30. The molecule has 1 aromatic rings. The fraction of sp³-hybridized carbons (Fsp3) is 0.571. The highest BCUT2D eigenvalue weighted by atomic mass is 32.1. The van der Waals surface area contributed by atoms with Crippen molar-refractivity contribution in [2.45, 2.75) is 39.8 Å². The van der Waals surface area contributed by atoms with Gasteiger partial charge < -0.3 is 15.3 Å². The SMILES string of the molecule is CN(Cc1cccs1)C(=O)NC(C)(C)C(C)(C)C(=O)O. The van der Waals surface area contributed by atoms with Crippen LogP contribution < -0.4 is 5.32 Å². The zero-order valence-corrected chi connectivity index (χ0v) is 13.4. The van der Waals surface area contributed by atoms with Gasteiger partial charge >= 0.3 is 12.0 Å². The Morgan fingerprint density at radius 2 is 1.95 bits per heavy atom. The Balaban J connectivity index is 2.71. The molecule has 0 bridgehead atoms. The Morgan fingerprint density at radius 1 is 1.35 bits per heavy atom. The Morgan fingerprint density at radius 3 is 2.40 bits per heavy atom. The summed E-state index contributed by atoms with van der Waals surface area (Å²) in [4.78, 5) is 26.1. The number of carboxylic acids is 1. The van der Waals surface area contributed by atoms with Crippen molar-refractivity contribution in [1.29, 1.82) is 0 Å². The standard InChI is InChI=1S/C14H22N2O3S/c1-13(2,11(17)18)14(3,4)15-12(19)16(5)9-10-7-6-8-20-10/h6-8H,9H2,1-5H3,(H,15,19)(H,17,18). The van der Waals surface area contributed by atoms with Crippen LogP contribution in [0.2, 0.25) is 0 Å². The molecule has 5 nitrogen and oxygen atoms in total. The summed E-state index contributed by atoms with van der Waals surface area (Å²) in [7, 11) is 1.69. The van der Waals surface area contributed by atoms with Gasteiger partial charge in [-0.3, -0.25) is 4.79 Å². The highest BCUT2D eigenvalue weighted by Gasteiger charge is 2.44. The molecule has 0 aromatic carbocycles. The number of thiophene rings is 1. The second kappa shape index (κ2) is 5.83. The van der Waals surface area contributed by atoms with Crippen molar-refractivity contribution < 1.29 is 14.7 Å². The van der Waals surface area contributed by atoms with Gasteiger partial charge in [-0.2, -0.15) is 0 Å². The smallest absolute Gasteiger partial charge is 0.317 e. The van der Waals surface area contributed by atoms with Crippen LogP contribution in [0.3, 0.4) is 0 Å². The fourth-order valence-electron chi connectivity index (χ4n) is 1.49. The predicted octanol–water partition coefficient (Wildman–Crippen LogP) is 2.78. The molecule has 0 aliphatic heterocycles. The van der Waals surface area contributed by atoms with E-state index < -0.39 is 16.9 Å². The van der Waals surface area contributed by atoms with Gasteiger partial charge in [0.1, 0.15) is 0 Å². The van der Waals surface area contributed by atoms with Crippen LogP contribution in [-0.4, -0.2) is 34.6 Å². The summed E-state index contributed by atoms with van der Waals surface area (Å²) in [6.07, 6.45) is 0. The molecule has 0 aliphatic carbocycles. The normalized spacial score (nSPS) is 12.1. The molecular weight excluding hydrogens is 276 g/mol. The summed E-state index contributed by atoms with van der Waals surface area (Å²) in [6, 6.07) is 3.61. The monoisotopic (exact) mass is 298 g/mol. The van der Waals surface area contributed by atoms with Crippen molar-refractivity contribution in [2.24, 2.45) is 5.41 Å². The maximum absolute atomic E-state index is 12.2. The van der Waals surface area contributed by atoms with Gasteiger partial charge in [0.2, 0.25) is 0 Å². The average molecular weight is 298 g/mol. The van der Waals surface area contributed by atoms with Crippen molar-refractivity contribution in [1.82, 2.24) is 10.2 Å². The van der Waals surface area contributed by atoms with E-state index in [1.165, 1.54) is 0 Å². The molecule has 0 fully saturated rings. The number of carboxylic acid groups (broad SMARTS) is 1. The molecule has 1 aromatic heterocycles. The van der Waals surface area contributed by atoms with Gasteiger partial charge in [-0.25, -0.2) is 4.79 Å². The largest absolute Gasteiger partial charge is 0.481 e. The summed E-state index contributed by atoms with van der Waals surface area (Å²) in [5.41, 5.74) is -1.92. The third-order valence-electron chi connectivity index (χ3n) is 3.84. The first-order valence-electron chi connectivity index (χ1n) is 6.37. The van der Waals surface area contributed by atoms with E-state index in [1.807, 2.05) is 17.5 Å². The maximum atomic E-state index is 12.2. The van der Waals surface area contributed by atoms with Crippen LogP contribution in [0.5, 0.6) is 0 Å². The van der Waals surface area contributed by atoms with Crippen LogP contribution in [0.25, 0.3) is 0 Å². The summed E-state index contributed by atoms with van der Waals surface area (Å²) in [6.45, 7) is 7.16. The second-order valence-electron chi connectivity index (χ2n) is 5.92. The van der Waals surface area contributed by atoms with Gasteiger partial charge in [0, 0.05) is 11.9 Å². The number of carbonyl (C=O) groups is 2. The van der Waals surface area contributed by atoms with Crippen LogP contribution in [0.4, 0.5) is 4.79 Å². The highest BCUT2D eigenvalue weighted by molar-refractivity contribution is 7.09.